The Morgan fingerprint density at radius 2 is 1.97 bits per heavy atom. The largest absolute Gasteiger partial charge is 0.573 e. The molecule has 1 aliphatic carbocycles. The average Bonchev–Trinajstić information content (AvgIpc) is 3.55. The third-order valence-corrected chi connectivity index (χ3v) is 5.75. The topological polar surface area (TPSA) is 70.5 Å². The van der Waals surface area contributed by atoms with Gasteiger partial charge < -0.3 is 20.1 Å². The van der Waals surface area contributed by atoms with Gasteiger partial charge in [-0.1, -0.05) is 19.9 Å². The fourth-order valence-electron chi connectivity index (χ4n) is 3.75. The van der Waals surface area contributed by atoms with E-state index in [1.165, 1.54) is 12.1 Å². The maximum Gasteiger partial charge on any atom is 0.573 e. The van der Waals surface area contributed by atoms with Crippen molar-refractivity contribution in [3.63, 3.8) is 0 Å². The fraction of sp³-hybridized carbons (Fsp3) is 0.545. The van der Waals surface area contributed by atoms with Crippen LogP contribution in [0.5, 0.6) is 5.75 Å². The van der Waals surface area contributed by atoms with Gasteiger partial charge in [0.15, 0.2) is 0 Å². The zero-order chi connectivity index (χ0) is 22.2. The number of hydrogen-bond donors (Lipinski definition) is 2. The first kappa shape index (κ1) is 21.7. The molecule has 1 aromatic heterocycles. The first-order valence-electron chi connectivity index (χ1n) is 10.6. The van der Waals surface area contributed by atoms with Gasteiger partial charge in [0, 0.05) is 25.1 Å². The van der Waals surface area contributed by atoms with Gasteiger partial charge in [0.05, 0.1) is 12.6 Å². The van der Waals surface area contributed by atoms with Crippen LogP contribution in [0.1, 0.15) is 49.6 Å². The minimum absolute atomic E-state index is 0.00911. The number of alkyl halides is 3. The number of halogens is 3. The van der Waals surface area contributed by atoms with E-state index in [9.17, 15) is 18.3 Å². The molecule has 0 spiro atoms. The highest BCUT2D eigenvalue weighted by atomic mass is 19.4. The van der Waals surface area contributed by atoms with Crippen molar-refractivity contribution in [1.82, 2.24) is 9.97 Å². The lowest BCUT2D eigenvalue weighted by molar-refractivity contribution is -0.274. The summed E-state index contributed by atoms with van der Waals surface area (Å²) >= 11 is 0. The summed E-state index contributed by atoms with van der Waals surface area (Å²) in [6.45, 7) is 5.27. The summed E-state index contributed by atoms with van der Waals surface area (Å²) < 4.78 is 41.6. The lowest BCUT2D eigenvalue weighted by Crippen LogP contribution is -2.32. The van der Waals surface area contributed by atoms with Gasteiger partial charge >= 0.3 is 6.36 Å². The number of aliphatic hydroxyl groups excluding tert-OH is 1. The SMILES string of the molecule is CC(C)[C@H](CO)Nc1cc(N2CCc3cc(OC(F)(F)F)ccc3C2)nc(C2CC2)n1. The molecule has 1 fully saturated rings. The van der Waals surface area contributed by atoms with Crippen LogP contribution in [0.25, 0.3) is 0 Å². The number of anilines is 2. The molecule has 9 heteroatoms. The summed E-state index contributed by atoms with van der Waals surface area (Å²) in [4.78, 5) is 11.6. The van der Waals surface area contributed by atoms with Crippen molar-refractivity contribution in [3.8, 4) is 5.75 Å². The van der Waals surface area contributed by atoms with Crippen LogP contribution >= 0.6 is 0 Å². The average molecular weight is 436 g/mol. The number of fused-ring (bicyclic) bond motifs is 1. The molecule has 168 valence electrons. The molecule has 0 bridgehead atoms. The number of aromatic nitrogens is 2. The minimum Gasteiger partial charge on any atom is -0.406 e. The van der Waals surface area contributed by atoms with Gasteiger partial charge in [-0.05, 0) is 48.4 Å². The number of rotatable bonds is 7. The Bertz CT molecular complexity index is 931. The van der Waals surface area contributed by atoms with Crippen molar-refractivity contribution in [2.24, 2.45) is 5.92 Å². The zero-order valence-corrected chi connectivity index (χ0v) is 17.6. The van der Waals surface area contributed by atoms with Crippen LogP contribution in [-0.2, 0) is 13.0 Å². The Labute approximate surface area is 179 Å². The van der Waals surface area contributed by atoms with Crippen LogP contribution in [-0.4, -0.2) is 40.6 Å². The summed E-state index contributed by atoms with van der Waals surface area (Å²) in [5, 5.41) is 13.0. The van der Waals surface area contributed by atoms with E-state index >= 15 is 0 Å². The van der Waals surface area contributed by atoms with Gasteiger partial charge in [-0.3, -0.25) is 0 Å². The number of ether oxygens (including phenoxy) is 1. The van der Waals surface area contributed by atoms with E-state index in [2.05, 4.69) is 19.9 Å². The third kappa shape index (κ3) is 5.39. The molecule has 0 saturated heterocycles. The smallest absolute Gasteiger partial charge is 0.406 e. The Hall–Kier alpha value is -2.55. The number of aliphatic hydroxyl groups is 1. The van der Waals surface area contributed by atoms with Crippen molar-refractivity contribution in [1.29, 1.82) is 0 Å². The van der Waals surface area contributed by atoms with Crippen LogP contribution in [0.2, 0.25) is 0 Å². The van der Waals surface area contributed by atoms with E-state index < -0.39 is 6.36 Å². The van der Waals surface area contributed by atoms with Crippen molar-refractivity contribution >= 4 is 11.6 Å². The molecule has 6 nitrogen and oxygen atoms in total. The van der Waals surface area contributed by atoms with Gasteiger partial charge in [0.25, 0.3) is 0 Å². The van der Waals surface area contributed by atoms with Gasteiger partial charge in [-0.25, -0.2) is 9.97 Å². The molecule has 2 N–H and O–H groups in total. The minimum atomic E-state index is -4.69. The number of nitrogens with zero attached hydrogens (tertiary/aromatic N) is 3. The molecular formula is C22H27F3N4O2. The third-order valence-electron chi connectivity index (χ3n) is 5.75. The van der Waals surface area contributed by atoms with Crippen LogP contribution in [0.15, 0.2) is 24.3 Å². The first-order chi connectivity index (χ1) is 14.7. The van der Waals surface area contributed by atoms with E-state index in [1.807, 2.05) is 19.9 Å². The standard InChI is InChI=1S/C22H27F3N4O2/c1-13(2)18(12-30)26-19-10-20(28-21(27-19)14-3-4-14)29-8-7-15-9-17(31-22(23,24)25)6-5-16(15)11-29/h5-6,9-10,13-14,18,30H,3-4,7-8,11-12H2,1-2H3,(H,26,27,28)/t18-/m0/s1. The molecule has 2 aliphatic rings. The molecule has 1 aliphatic heterocycles. The molecular weight excluding hydrogens is 409 g/mol. The van der Waals surface area contributed by atoms with Crippen LogP contribution in [0.4, 0.5) is 24.8 Å². The molecule has 1 saturated carbocycles. The van der Waals surface area contributed by atoms with E-state index in [1.54, 1.807) is 6.07 Å². The maximum atomic E-state index is 12.5. The van der Waals surface area contributed by atoms with Crippen molar-refractivity contribution in [2.45, 2.75) is 58.0 Å². The molecule has 2 heterocycles. The van der Waals surface area contributed by atoms with Crippen molar-refractivity contribution in [3.05, 3.63) is 41.2 Å². The van der Waals surface area contributed by atoms with E-state index in [0.717, 1.165) is 35.6 Å². The van der Waals surface area contributed by atoms with Gasteiger partial charge in [-0.2, -0.15) is 0 Å². The van der Waals surface area contributed by atoms with Crippen LogP contribution in [0, 0.1) is 5.92 Å². The molecule has 0 radical (unpaired) electrons. The molecule has 4 rings (SSSR count). The molecule has 1 aromatic carbocycles. The normalized spacial score (nSPS) is 17.5. The van der Waals surface area contributed by atoms with E-state index in [4.69, 9.17) is 4.98 Å². The van der Waals surface area contributed by atoms with Crippen LogP contribution in [0.3, 0.4) is 0 Å². The van der Waals surface area contributed by atoms with Crippen LogP contribution < -0.4 is 15.0 Å². The van der Waals surface area contributed by atoms with E-state index in [0.29, 0.717) is 31.2 Å². The van der Waals surface area contributed by atoms with Gasteiger partial charge in [0.1, 0.15) is 23.2 Å². The summed E-state index contributed by atoms with van der Waals surface area (Å²) in [5.74, 6) is 2.71. The lowest BCUT2D eigenvalue weighted by atomic mass is 9.99. The highest BCUT2D eigenvalue weighted by Gasteiger charge is 2.32. The quantitative estimate of drug-likeness (QED) is 0.677. The highest BCUT2D eigenvalue weighted by Crippen LogP contribution is 2.39. The number of nitrogens with one attached hydrogen (secondary N) is 1. The van der Waals surface area contributed by atoms with E-state index in [-0.39, 0.29) is 24.3 Å². The molecule has 0 unspecified atom stereocenters. The Morgan fingerprint density at radius 3 is 2.61 bits per heavy atom. The monoisotopic (exact) mass is 436 g/mol. The van der Waals surface area contributed by atoms with Gasteiger partial charge in [-0.15, -0.1) is 13.2 Å². The molecule has 31 heavy (non-hydrogen) atoms. The second-order valence-electron chi connectivity index (χ2n) is 8.57. The maximum absolute atomic E-state index is 12.5. The highest BCUT2D eigenvalue weighted by molar-refractivity contribution is 5.53. The Morgan fingerprint density at radius 1 is 1.19 bits per heavy atom. The fourth-order valence-corrected chi connectivity index (χ4v) is 3.75. The Kier molecular flexibility index (Phi) is 5.96. The lowest BCUT2D eigenvalue weighted by Gasteiger charge is -2.31. The first-order valence-corrected chi connectivity index (χ1v) is 10.6. The van der Waals surface area contributed by atoms with Gasteiger partial charge in [0.2, 0.25) is 0 Å². The second-order valence-corrected chi connectivity index (χ2v) is 8.57. The number of hydrogen-bond acceptors (Lipinski definition) is 6. The predicted molar refractivity (Wildman–Crippen MR) is 111 cm³/mol. The molecule has 1 atom stereocenters. The Balaban J connectivity index is 1.56. The zero-order valence-electron chi connectivity index (χ0n) is 17.6. The molecule has 2 aromatic rings. The summed E-state index contributed by atoms with van der Waals surface area (Å²) in [5.41, 5.74) is 1.81. The van der Waals surface area contributed by atoms with Crippen molar-refractivity contribution < 1.29 is 23.0 Å². The number of benzene rings is 1. The molecule has 0 amide bonds. The second kappa shape index (κ2) is 8.53. The van der Waals surface area contributed by atoms with Crippen molar-refractivity contribution in [2.75, 3.05) is 23.4 Å². The summed E-state index contributed by atoms with van der Waals surface area (Å²) in [7, 11) is 0. The predicted octanol–water partition coefficient (Wildman–Crippen LogP) is 4.24. The summed E-state index contributed by atoms with van der Waals surface area (Å²) in [6, 6.07) is 6.29. The summed E-state index contributed by atoms with van der Waals surface area (Å²) in [6.07, 6.45) is -1.95.